The Bertz CT molecular complexity index is 462. The molecule has 0 spiro atoms. The average molecular weight is 349 g/mol. The smallest absolute Gasteiger partial charge is 0.306 e. The molecule has 144 valence electrons. The van der Waals surface area contributed by atoms with E-state index in [1.807, 2.05) is 20.8 Å². The third-order valence-electron chi connectivity index (χ3n) is 4.10. The van der Waals surface area contributed by atoms with Crippen LogP contribution in [0.3, 0.4) is 0 Å². The number of carbonyl (C=O) groups is 1. The lowest BCUT2D eigenvalue weighted by Gasteiger charge is -2.13. The molecule has 0 aliphatic carbocycles. The monoisotopic (exact) mass is 348 g/mol. The fraction of sp³-hybridized carbons (Fsp3) is 0.696. The SMILES string of the molecule is CC(C)=CCC/C(C)=C/CC/C(C)=C/CCC(C)OC(=O)CC(C)C. The summed E-state index contributed by atoms with van der Waals surface area (Å²) in [6.07, 6.45) is 13.9. The summed E-state index contributed by atoms with van der Waals surface area (Å²) in [5.41, 5.74) is 4.31. The van der Waals surface area contributed by atoms with Crippen LogP contribution in [0.1, 0.15) is 93.4 Å². The number of ether oxygens (including phenoxy) is 1. The lowest BCUT2D eigenvalue weighted by molar-refractivity contribution is -0.149. The van der Waals surface area contributed by atoms with Crippen LogP contribution in [0, 0.1) is 5.92 Å². The van der Waals surface area contributed by atoms with Crippen LogP contribution in [0.4, 0.5) is 0 Å². The van der Waals surface area contributed by atoms with E-state index in [1.165, 1.54) is 16.7 Å². The minimum absolute atomic E-state index is 0.00696. The van der Waals surface area contributed by atoms with Gasteiger partial charge in [-0.2, -0.15) is 0 Å². The molecular weight excluding hydrogens is 308 g/mol. The second kappa shape index (κ2) is 13.9. The fourth-order valence-electron chi connectivity index (χ4n) is 2.57. The standard InChI is InChI=1S/C23H40O2/c1-18(2)11-8-12-20(5)13-9-14-21(6)15-10-16-22(7)25-23(24)17-19(3)4/h11,13,15,19,22H,8-10,12,14,16-17H2,1-7H3/b20-13+,21-15+. The van der Waals surface area contributed by atoms with Gasteiger partial charge in [0.2, 0.25) is 0 Å². The number of rotatable bonds is 12. The van der Waals surface area contributed by atoms with Crippen LogP contribution in [0.2, 0.25) is 0 Å². The van der Waals surface area contributed by atoms with Crippen molar-refractivity contribution in [2.75, 3.05) is 0 Å². The average Bonchev–Trinajstić information content (AvgIpc) is 2.45. The maximum absolute atomic E-state index is 11.6. The molecule has 0 bridgehead atoms. The molecule has 1 atom stereocenters. The molecule has 0 amide bonds. The molecule has 0 fully saturated rings. The highest BCUT2D eigenvalue weighted by molar-refractivity contribution is 5.69. The summed E-state index contributed by atoms with van der Waals surface area (Å²) in [4.78, 5) is 11.6. The van der Waals surface area contributed by atoms with Gasteiger partial charge in [-0.05, 0) is 79.1 Å². The predicted octanol–water partition coefficient (Wildman–Crippen LogP) is 7.16. The van der Waals surface area contributed by atoms with Crippen LogP contribution >= 0.6 is 0 Å². The molecule has 0 saturated carbocycles. The van der Waals surface area contributed by atoms with Gasteiger partial charge in [0.15, 0.2) is 0 Å². The van der Waals surface area contributed by atoms with Crippen LogP contribution in [-0.2, 0) is 9.53 Å². The van der Waals surface area contributed by atoms with Crippen LogP contribution in [0.15, 0.2) is 34.9 Å². The van der Waals surface area contributed by atoms with E-state index in [1.54, 1.807) is 0 Å². The summed E-state index contributed by atoms with van der Waals surface area (Å²) in [6, 6.07) is 0. The normalized spacial score (nSPS) is 13.8. The van der Waals surface area contributed by atoms with E-state index in [0.717, 1.165) is 38.5 Å². The lowest BCUT2D eigenvalue weighted by atomic mass is 10.1. The minimum Gasteiger partial charge on any atom is -0.463 e. The first-order valence-corrected chi connectivity index (χ1v) is 9.84. The Morgan fingerprint density at radius 1 is 0.840 bits per heavy atom. The largest absolute Gasteiger partial charge is 0.463 e. The zero-order valence-corrected chi connectivity index (χ0v) is 17.7. The Hall–Kier alpha value is -1.31. The molecule has 0 aromatic rings. The zero-order valence-electron chi connectivity index (χ0n) is 17.7. The van der Waals surface area contributed by atoms with Gasteiger partial charge in [-0.25, -0.2) is 0 Å². The molecular formula is C23H40O2. The minimum atomic E-state index is -0.0723. The Labute approximate surface area is 156 Å². The first-order valence-electron chi connectivity index (χ1n) is 9.84. The molecule has 25 heavy (non-hydrogen) atoms. The Balaban J connectivity index is 3.97. The summed E-state index contributed by atoms with van der Waals surface area (Å²) in [5, 5.41) is 0. The number of esters is 1. The van der Waals surface area contributed by atoms with Gasteiger partial charge in [-0.1, -0.05) is 48.8 Å². The van der Waals surface area contributed by atoms with Crippen molar-refractivity contribution in [1.82, 2.24) is 0 Å². The summed E-state index contributed by atoms with van der Waals surface area (Å²) in [6.45, 7) is 14.8. The predicted molar refractivity (Wildman–Crippen MR) is 110 cm³/mol. The van der Waals surface area contributed by atoms with Gasteiger partial charge in [-0.15, -0.1) is 0 Å². The molecule has 1 unspecified atom stereocenters. The molecule has 0 rings (SSSR count). The highest BCUT2D eigenvalue weighted by Gasteiger charge is 2.10. The van der Waals surface area contributed by atoms with E-state index >= 15 is 0 Å². The summed E-state index contributed by atoms with van der Waals surface area (Å²) < 4.78 is 5.43. The van der Waals surface area contributed by atoms with E-state index in [-0.39, 0.29) is 12.1 Å². The van der Waals surface area contributed by atoms with Crippen molar-refractivity contribution in [3.8, 4) is 0 Å². The zero-order chi connectivity index (χ0) is 19.2. The first kappa shape index (κ1) is 23.7. The van der Waals surface area contributed by atoms with Crippen LogP contribution in [0.25, 0.3) is 0 Å². The summed E-state index contributed by atoms with van der Waals surface area (Å²) in [5.74, 6) is 0.289. The van der Waals surface area contributed by atoms with Gasteiger partial charge >= 0.3 is 5.97 Å². The van der Waals surface area contributed by atoms with Crippen molar-refractivity contribution in [2.24, 2.45) is 5.92 Å². The van der Waals surface area contributed by atoms with Crippen molar-refractivity contribution >= 4 is 5.97 Å². The number of carbonyl (C=O) groups excluding carboxylic acids is 1. The topological polar surface area (TPSA) is 26.3 Å². The molecule has 2 nitrogen and oxygen atoms in total. The Kier molecular flexibility index (Phi) is 13.2. The molecule has 0 radical (unpaired) electrons. The molecule has 0 aromatic carbocycles. The van der Waals surface area contributed by atoms with Gasteiger partial charge in [-0.3, -0.25) is 4.79 Å². The fourth-order valence-corrected chi connectivity index (χ4v) is 2.57. The van der Waals surface area contributed by atoms with Crippen molar-refractivity contribution in [3.05, 3.63) is 34.9 Å². The van der Waals surface area contributed by atoms with Crippen molar-refractivity contribution in [1.29, 1.82) is 0 Å². The maximum Gasteiger partial charge on any atom is 0.306 e. The van der Waals surface area contributed by atoms with Crippen LogP contribution in [-0.4, -0.2) is 12.1 Å². The lowest BCUT2D eigenvalue weighted by Crippen LogP contribution is -2.16. The van der Waals surface area contributed by atoms with E-state index in [2.05, 4.69) is 45.9 Å². The molecule has 0 aliphatic heterocycles. The number of allylic oxidation sites excluding steroid dienone is 6. The molecule has 0 saturated heterocycles. The quantitative estimate of drug-likeness (QED) is 0.276. The molecule has 0 aromatic heterocycles. The van der Waals surface area contributed by atoms with E-state index in [4.69, 9.17) is 4.74 Å². The summed E-state index contributed by atoms with van der Waals surface area (Å²) >= 11 is 0. The van der Waals surface area contributed by atoms with Crippen molar-refractivity contribution < 1.29 is 9.53 Å². The Morgan fingerprint density at radius 2 is 1.36 bits per heavy atom. The van der Waals surface area contributed by atoms with E-state index in [9.17, 15) is 4.79 Å². The third-order valence-corrected chi connectivity index (χ3v) is 4.10. The first-order chi connectivity index (χ1) is 11.7. The molecule has 0 heterocycles. The summed E-state index contributed by atoms with van der Waals surface area (Å²) in [7, 11) is 0. The second-order valence-corrected chi connectivity index (χ2v) is 7.94. The van der Waals surface area contributed by atoms with Crippen molar-refractivity contribution in [2.45, 2.75) is 99.5 Å². The van der Waals surface area contributed by atoms with E-state index < -0.39 is 0 Å². The van der Waals surface area contributed by atoms with Gasteiger partial charge in [0.05, 0.1) is 6.10 Å². The highest BCUT2D eigenvalue weighted by Crippen LogP contribution is 2.13. The third kappa shape index (κ3) is 15.9. The van der Waals surface area contributed by atoms with Gasteiger partial charge in [0, 0.05) is 6.42 Å². The maximum atomic E-state index is 11.6. The van der Waals surface area contributed by atoms with Crippen molar-refractivity contribution in [3.63, 3.8) is 0 Å². The Morgan fingerprint density at radius 3 is 1.88 bits per heavy atom. The van der Waals surface area contributed by atoms with E-state index in [0.29, 0.717) is 12.3 Å². The highest BCUT2D eigenvalue weighted by atomic mass is 16.5. The molecule has 0 aliphatic rings. The van der Waals surface area contributed by atoms with Gasteiger partial charge in [0.25, 0.3) is 0 Å². The number of hydrogen-bond acceptors (Lipinski definition) is 2. The number of hydrogen-bond donors (Lipinski definition) is 0. The van der Waals surface area contributed by atoms with Crippen LogP contribution in [0.5, 0.6) is 0 Å². The molecule has 0 N–H and O–H groups in total. The van der Waals surface area contributed by atoms with Gasteiger partial charge < -0.3 is 4.74 Å². The van der Waals surface area contributed by atoms with Crippen LogP contribution < -0.4 is 0 Å². The molecule has 2 heteroatoms. The second-order valence-electron chi connectivity index (χ2n) is 7.94. The van der Waals surface area contributed by atoms with Gasteiger partial charge in [0.1, 0.15) is 0 Å².